The van der Waals surface area contributed by atoms with E-state index in [1.807, 2.05) is 18.2 Å². The van der Waals surface area contributed by atoms with Crippen LogP contribution in [0.15, 0.2) is 46.9 Å². The van der Waals surface area contributed by atoms with Crippen LogP contribution in [0, 0.1) is 0 Å². The molecule has 0 saturated heterocycles. The first-order chi connectivity index (χ1) is 17.0. The number of carbonyl (C=O) groups excluding carboxylic acids is 2. The molecule has 0 aliphatic heterocycles. The van der Waals surface area contributed by atoms with E-state index < -0.39 is 0 Å². The summed E-state index contributed by atoms with van der Waals surface area (Å²) < 4.78 is 6.65. The van der Waals surface area contributed by atoms with Gasteiger partial charge in [0.1, 0.15) is 5.75 Å². The number of thiocarbonyl (C=S) groups is 1. The van der Waals surface area contributed by atoms with E-state index in [2.05, 4.69) is 38.8 Å². The summed E-state index contributed by atoms with van der Waals surface area (Å²) in [7, 11) is 0. The Labute approximate surface area is 221 Å². The predicted molar refractivity (Wildman–Crippen MR) is 148 cm³/mol. The highest BCUT2D eigenvalue weighted by Crippen LogP contribution is 2.24. The van der Waals surface area contributed by atoms with Gasteiger partial charge in [0.15, 0.2) is 5.11 Å². The molecule has 1 fully saturated rings. The zero-order valence-electron chi connectivity index (χ0n) is 20.2. The molecular formula is C27H34BrN3O3S. The number of hydrogen-bond donors (Lipinski definition) is 3. The van der Waals surface area contributed by atoms with Crippen LogP contribution in [-0.4, -0.2) is 29.6 Å². The molecule has 0 atom stereocenters. The van der Waals surface area contributed by atoms with E-state index in [1.54, 1.807) is 24.3 Å². The molecule has 0 spiro atoms. The lowest BCUT2D eigenvalue weighted by Crippen LogP contribution is -2.38. The molecule has 2 aromatic rings. The fraction of sp³-hybridized carbons (Fsp3) is 0.444. The van der Waals surface area contributed by atoms with Crippen LogP contribution in [0.25, 0.3) is 0 Å². The molecule has 0 bridgehead atoms. The van der Waals surface area contributed by atoms with Crippen molar-refractivity contribution >= 4 is 50.8 Å². The Balaban J connectivity index is 1.62. The van der Waals surface area contributed by atoms with E-state index in [4.69, 9.17) is 17.0 Å². The summed E-state index contributed by atoms with van der Waals surface area (Å²) in [6, 6.07) is 12.7. The highest BCUT2D eigenvalue weighted by atomic mass is 79.9. The molecule has 2 aromatic carbocycles. The maximum Gasteiger partial charge on any atom is 0.261 e. The molecule has 1 aliphatic rings. The first-order valence-electron chi connectivity index (χ1n) is 12.4. The number of para-hydroxylation sites is 1. The Morgan fingerprint density at radius 1 is 1.00 bits per heavy atom. The number of anilines is 1. The van der Waals surface area contributed by atoms with Gasteiger partial charge in [0, 0.05) is 10.5 Å². The number of amides is 2. The molecule has 3 N–H and O–H groups in total. The summed E-state index contributed by atoms with van der Waals surface area (Å²) in [5.41, 5.74) is 1.43. The molecule has 188 valence electrons. The first kappa shape index (κ1) is 27.1. The number of carbonyl (C=O) groups is 2. The quantitative estimate of drug-likeness (QED) is 0.226. The Morgan fingerprint density at radius 3 is 2.54 bits per heavy atom. The van der Waals surface area contributed by atoms with Gasteiger partial charge in [-0.05, 0) is 61.8 Å². The molecule has 0 radical (unpaired) electrons. The van der Waals surface area contributed by atoms with E-state index in [-0.39, 0.29) is 23.0 Å². The molecule has 0 aromatic heterocycles. The minimum absolute atomic E-state index is 0.113. The fourth-order valence-corrected chi connectivity index (χ4v) is 4.70. The zero-order chi connectivity index (χ0) is 25.0. The van der Waals surface area contributed by atoms with Gasteiger partial charge in [-0.15, -0.1) is 0 Å². The number of rotatable bonds is 10. The normalized spacial score (nSPS) is 13.7. The minimum Gasteiger partial charge on any atom is -0.493 e. The van der Waals surface area contributed by atoms with Crippen LogP contribution in [0.5, 0.6) is 5.75 Å². The van der Waals surface area contributed by atoms with E-state index in [0.717, 1.165) is 55.8 Å². The maximum atomic E-state index is 13.0. The van der Waals surface area contributed by atoms with Crippen molar-refractivity contribution in [2.75, 3.05) is 11.9 Å². The summed E-state index contributed by atoms with van der Waals surface area (Å²) in [4.78, 5) is 25.9. The van der Waals surface area contributed by atoms with Crippen LogP contribution in [0.4, 0.5) is 5.69 Å². The average Bonchev–Trinajstić information content (AvgIpc) is 2.85. The lowest BCUT2D eigenvalue weighted by Gasteiger charge is -2.23. The predicted octanol–water partition coefficient (Wildman–Crippen LogP) is 6.60. The monoisotopic (exact) mass is 559 g/mol. The summed E-state index contributed by atoms with van der Waals surface area (Å²) in [5.74, 6) is -0.00590. The molecule has 6 nitrogen and oxygen atoms in total. The zero-order valence-corrected chi connectivity index (χ0v) is 22.6. The van der Waals surface area contributed by atoms with Crippen molar-refractivity contribution in [2.45, 2.75) is 70.8 Å². The van der Waals surface area contributed by atoms with E-state index >= 15 is 0 Å². The topological polar surface area (TPSA) is 79.5 Å². The van der Waals surface area contributed by atoms with Crippen molar-refractivity contribution in [3.63, 3.8) is 0 Å². The second kappa shape index (κ2) is 14.2. The Morgan fingerprint density at radius 2 is 1.77 bits per heavy atom. The third-order valence-corrected chi connectivity index (χ3v) is 6.73. The largest absolute Gasteiger partial charge is 0.493 e. The molecule has 8 heteroatoms. The first-order valence-corrected chi connectivity index (χ1v) is 13.6. The number of hydrogen-bond acceptors (Lipinski definition) is 4. The summed E-state index contributed by atoms with van der Waals surface area (Å²) >= 11 is 8.83. The maximum absolute atomic E-state index is 13.0. The summed E-state index contributed by atoms with van der Waals surface area (Å²) in [6.07, 6.45) is 9.86. The number of ether oxygens (including phenoxy) is 1. The molecule has 1 saturated carbocycles. The van der Waals surface area contributed by atoms with Crippen molar-refractivity contribution < 1.29 is 14.3 Å². The van der Waals surface area contributed by atoms with Crippen LogP contribution >= 0.6 is 28.1 Å². The van der Waals surface area contributed by atoms with Crippen LogP contribution in [0.2, 0.25) is 0 Å². The van der Waals surface area contributed by atoms with Gasteiger partial charge in [-0.1, -0.05) is 73.5 Å². The van der Waals surface area contributed by atoms with Gasteiger partial charge in [-0.3, -0.25) is 14.9 Å². The van der Waals surface area contributed by atoms with Gasteiger partial charge in [0.25, 0.3) is 11.8 Å². The minimum atomic E-state index is -0.378. The Kier molecular flexibility index (Phi) is 11.0. The molecule has 0 heterocycles. The second-order valence-electron chi connectivity index (χ2n) is 8.81. The van der Waals surface area contributed by atoms with Gasteiger partial charge in [0.05, 0.1) is 23.4 Å². The lowest BCUT2D eigenvalue weighted by atomic mass is 9.95. The van der Waals surface area contributed by atoms with Gasteiger partial charge in [0.2, 0.25) is 0 Å². The van der Waals surface area contributed by atoms with Crippen molar-refractivity contribution in [1.29, 1.82) is 0 Å². The average molecular weight is 561 g/mol. The molecule has 1 aliphatic carbocycles. The van der Waals surface area contributed by atoms with Gasteiger partial charge in [-0.2, -0.15) is 0 Å². The van der Waals surface area contributed by atoms with Crippen LogP contribution in [-0.2, 0) is 0 Å². The standard InChI is InChI=1S/C27H34BrN3O3S/c1-2-3-4-10-17-34-24-16-15-19(28)18-22(24)26(33)31-27(35)30-23-14-9-8-13-21(23)25(32)29-20-11-6-5-7-12-20/h8-9,13-16,18,20H,2-7,10-12,17H2,1H3,(H,29,32)(H2,30,31,33,35). The summed E-state index contributed by atoms with van der Waals surface area (Å²) in [5, 5.41) is 8.98. The van der Waals surface area contributed by atoms with E-state index in [9.17, 15) is 9.59 Å². The summed E-state index contributed by atoms with van der Waals surface area (Å²) in [6.45, 7) is 2.71. The number of nitrogens with one attached hydrogen (secondary N) is 3. The highest BCUT2D eigenvalue weighted by Gasteiger charge is 2.20. The second-order valence-corrected chi connectivity index (χ2v) is 10.1. The van der Waals surface area contributed by atoms with Gasteiger partial charge in [-0.25, -0.2) is 0 Å². The van der Waals surface area contributed by atoms with Crippen LogP contribution in [0.3, 0.4) is 0 Å². The lowest BCUT2D eigenvalue weighted by molar-refractivity contribution is 0.0927. The van der Waals surface area contributed by atoms with Crippen molar-refractivity contribution in [3.05, 3.63) is 58.1 Å². The van der Waals surface area contributed by atoms with Crippen molar-refractivity contribution in [1.82, 2.24) is 10.6 Å². The Bertz CT molecular complexity index is 1020. The third-order valence-electron chi connectivity index (χ3n) is 6.03. The van der Waals surface area contributed by atoms with Crippen LogP contribution < -0.4 is 20.7 Å². The number of halogens is 1. The van der Waals surface area contributed by atoms with Crippen molar-refractivity contribution in [2.24, 2.45) is 0 Å². The van der Waals surface area contributed by atoms with Gasteiger partial charge < -0.3 is 15.4 Å². The Hall–Kier alpha value is -2.45. The SMILES string of the molecule is CCCCCCOc1ccc(Br)cc1C(=O)NC(=S)Nc1ccccc1C(=O)NC1CCCCC1. The number of unbranched alkanes of at least 4 members (excludes halogenated alkanes) is 3. The molecule has 2 amide bonds. The van der Waals surface area contributed by atoms with E-state index in [0.29, 0.717) is 29.2 Å². The molecule has 3 rings (SSSR count). The fourth-order valence-electron chi connectivity index (χ4n) is 4.14. The molecule has 35 heavy (non-hydrogen) atoms. The molecular weight excluding hydrogens is 526 g/mol. The van der Waals surface area contributed by atoms with Crippen LogP contribution in [0.1, 0.15) is 85.4 Å². The highest BCUT2D eigenvalue weighted by molar-refractivity contribution is 9.10. The van der Waals surface area contributed by atoms with Gasteiger partial charge >= 0.3 is 0 Å². The third kappa shape index (κ3) is 8.61. The van der Waals surface area contributed by atoms with Crippen molar-refractivity contribution in [3.8, 4) is 5.75 Å². The van der Waals surface area contributed by atoms with E-state index in [1.165, 1.54) is 6.42 Å². The smallest absolute Gasteiger partial charge is 0.261 e. The number of benzene rings is 2. The molecule has 0 unspecified atom stereocenters.